The van der Waals surface area contributed by atoms with Crippen LogP contribution in [0.2, 0.25) is 0 Å². The largest absolute Gasteiger partial charge is 0.392 e. The highest BCUT2D eigenvalue weighted by molar-refractivity contribution is 4.85. The van der Waals surface area contributed by atoms with Crippen LogP contribution in [0.3, 0.4) is 0 Å². The van der Waals surface area contributed by atoms with Gasteiger partial charge in [-0.15, -0.1) is 0 Å². The number of hydrogen-bond acceptors (Lipinski definition) is 4. The molecule has 6 heteroatoms. The fraction of sp³-hybridized carbons (Fsp3) is 0.714. The van der Waals surface area contributed by atoms with E-state index in [0.29, 0.717) is 25.9 Å². The van der Waals surface area contributed by atoms with Crippen LogP contribution in [0.4, 0.5) is 0 Å². The summed E-state index contributed by atoms with van der Waals surface area (Å²) in [5, 5.41) is 12.9. The first-order valence-electron chi connectivity index (χ1n) is 7.21. The van der Waals surface area contributed by atoms with E-state index in [4.69, 9.17) is 0 Å². The second-order valence-electron chi connectivity index (χ2n) is 5.05. The fourth-order valence-corrected chi connectivity index (χ4v) is 2.02. The Balaban J connectivity index is 2.33. The van der Waals surface area contributed by atoms with Crippen molar-refractivity contribution in [2.75, 3.05) is 13.1 Å². The predicted molar refractivity (Wildman–Crippen MR) is 79.0 cm³/mol. The molecule has 2 N–H and O–H groups in total. The molecule has 1 aromatic rings. The van der Waals surface area contributed by atoms with Crippen molar-refractivity contribution >= 4 is 0 Å². The van der Waals surface area contributed by atoms with E-state index in [-0.39, 0.29) is 17.4 Å². The topological polar surface area (TPSA) is 76.3 Å². The first-order valence-corrected chi connectivity index (χ1v) is 7.21. The van der Waals surface area contributed by atoms with Gasteiger partial charge in [-0.25, -0.2) is 4.79 Å². The summed E-state index contributed by atoms with van der Waals surface area (Å²) in [7, 11) is 1.63. The van der Waals surface area contributed by atoms with Crippen molar-refractivity contribution in [2.24, 2.45) is 7.05 Å². The minimum absolute atomic E-state index is 0.265. The molecule has 0 aliphatic heterocycles. The minimum atomic E-state index is -0.364. The maximum atomic E-state index is 11.8. The third-order valence-corrected chi connectivity index (χ3v) is 3.22. The zero-order valence-corrected chi connectivity index (χ0v) is 12.3. The molecular weight excluding hydrogens is 258 g/mol. The van der Waals surface area contributed by atoms with Crippen LogP contribution in [-0.2, 0) is 13.6 Å². The fourth-order valence-electron chi connectivity index (χ4n) is 2.02. The van der Waals surface area contributed by atoms with Gasteiger partial charge < -0.3 is 15.0 Å². The summed E-state index contributed by atoms with van der Waals surface area (Å²) in [6.45, 7) is 3.99. The number of hydrogen-bond donors (Lipinski definition) is 2. The van der Waals surface area contributed by atoms with Gasteiger partial charge in [-0.3, -0.25) is 9.36 Å². The maximum absolute atomic E-state index is 11.8. The highest BCUT2D eigenvalue weighted by Gasteiger charge is 2.05. The van der Waals surface area contributed by atoms with Crippen molar-refractivity contribution in [1.29, 1.82) is 0 Å². The summed E-state index contributed by atoms with van der Waals surface area (Å²) in [5.41, 5.74) is -0.555. The molecule has 0 spiro atoms. The van der Waals surface area contributed by atoms with E-state index in [2.05, 4.69) is 12.2 Å². The molecule has 1 aromatic heterocycles. The van der Waals surface area contributed by atoms with Crippen LogP contribution in [0.5, 0.6) is 0 Å². The molecule has 0 radical (unpaired) electrons. The second kappa shape index (κ2) is 8.71. The predicted octanol–water partition coefficient (Wildman–Crippen LogP) is 0.0778. The highest BCUT2D eigenvalue weighted by Crippen LogP contribution is 2.01. The van der Waals surface area contributed by atoms with Gasteiger partial charge in [0.25, 0.3) is 5.56 Å². The maximum Gasteiger partial charge on any atom is 0.330 e. The Morgan fingerprint density at radius 2 is 2.10 bits per heavy atom. The van der Waals surface area contributed by atoms with Crippen molar-refractivity contribution in [1.82, 2.24) is 14.5 Å². The van der Waals surface area contributed by atoms with Gasteiger partial charge >= 0.3 is 5.69 Å². The van der Waals surface area contributed by atoms with Gasteiger partial charge in [0, 0.05) is 32.4 Å². The zero-order valence-electron chi connectivity index (χ0n) is 12.3. The Hall–Kier alpha value is -1.40. The zero-order chi connectivity index (χ0) is 15.0. The first-order chi connectivity index (χ1) is 9.56. The third kappa shape index (κ3) is 5.30. The SMILES string of the molecule is CCCNCC(O)CCCCn1c(=O)ccn(C)c1=O. The average molecular weight is 283 g/mol. The molecule has 114 valence electrons. The molecule has 1 rings (SSSR count). The molecular formula is C14H25N3O3. The number of nitrogens with zero attached hydrogens (tertiary/aromatic N) is 2. The normalized spacial score (nSPS) is 12.6. The number of aromatic nitrogens is 2. The van der Waals surface area contributed by atoms with Gasteiger partial charge in [-0.2, -0.15) is 0 Å². The Bertz CT molecular complexity index is 507. The van der Waals surface area contributed by atoms with Crippen molar-refractivity contribution in [3.05, 3.63) is 33.1 Å². The lowest BCUT2D eigenvalue weighted by Gasteiger charge is -2.11. The number of aliphatic hydroxyl groups is 1. The summed E-state index contributed by atoms with van der Waals surface area (Å²) in [6, 6.07) is 1.39. The van der Waals surface area contributed by atoms with Crippen LogP contribution in [0.25, 0.3) is 0 Å². The van der Waals surface area contributed by atoms with Crippen LogP contribution < -0.4 is 16.6 Å². The number of aryl methyl sites for hydroxylation is 1. The Morgan fingerprint density at radius 1 is 1.35 bits per heavy atom. The summed E-state index contributed by atoms with van der Waals surface area (Å²) < 4.78 is 2.63. The lowest BCUT2D eigenvalue weighted by atomic mass is 10.1. The molecule has 0 bridgehead atoms. The van der Waals surface area contributed by atoms with E-state index in [0.717, 1.165) is 19.4 Å². The summed E-state index contributed by atoms with van der Waals surface area (Å²) in [4.78, 5) is 23.3. The molecule has 0 saturated carbocycles. The lowest BCUT2D eigenvalue weighted by molar-refractivity contribution is 0.158. The second-order valence-corrected chi connectivity index (χ2v) is 5.05. The third-order valence-electron chi connectivity index (χ3n) is 3.22. The smallest absolute Gasteiger partial charge is 0.330 e. The molecule has 1 heterocycles. The van der Waals surface area contributed by atoms with Gasteiger partial charge in [-0.05, 0) is 32.2 Å². The number of rotatable bonds is 9. The Morgan fingerprint density at radius 3 is 2.80 bits per heavy atom. The van der Waals surface area contributed by atoms with Crippen LogP contribution in [0, 0.1) is 0 Å². The molecule has 20 heavy (non-hydrogen) atoms. The monoisotopic (exact) mass is 283 g/mol. The van der Waals surface area contributed by atoms with E-state index in [1.54, 1.807) is 7.05 Å². The number of nitrogens with one attached hydrogen (secondary N) is 1. The molecule has 0 aliphatic carbocycles. The number of unbranched alkanes of at least 4 members (excludes halogenated alkanes) is 1. The average Bonchev–Trinajstić information content (AvgIpc) is 2.42. The van der Waals surface area contributed by atoms with Crippen LogP contribution in [0.15, 0.2) is 21.9 Å². The quantitative estimate of drug-likeness (QED) is 0.629. The van der Waals surface area contributed by atoms with Gasteiger partial charge in [-0.1, -0.05) is 6.92 Å². The molecule has 0 aromatic carbocycles. The first kappa shape index (κ1) is 16.7. The standard InChI is InChI=1S/C14H25N3O3/c1-3-8-15-11-12(18)6-4-5-9-17-13(19)7-10-16(2)14(17)20/h7,10,12,15,18H,3-6,8-9,11H2,1-2H3. The molecule has 0 amide bonds. The summed E-state index contributed by atoms with van der Waals surface area (Å²) in [6.07, 6.45) is 4.34. The van der Waals surface area contributed by atoms with Gasteiger partial charge in [0.15, 0.2) is 0 Å². The van der Waals surface area contributed by atoms with E-state index in [1.807, 2.05) is 0 Å². The minimum Gasteiger partial charge on any atom is -0.392 e. The van der Waals surface area contributed by atoms with E-state index >= 15 is 0 Å². The molecule has 1 atom stereocenters. The summed E-state index contributed by atoms with van der Waals surface area (Å²) >= 11 is 0. The Labute approximate surface area is 119 Å². The molecule has 0 saturated heterocycles. The highest BCUT2D eigenvalue weighted by atomic mass is 16.3. The van der Waals surface area contributed by atoms with E-state index in [1.165, 1.54) is 21.4 Å². The van der Waals surface area contributed by atoms with Gasteiger partial charge in [0.1, 0.15) is 0 Å². The van der Waals surface area contributed by atoms with Crippen molar-refractivity contribution in [3.8, 4) is 0 Å². The van der Waals surface area contributed by atoms with Crippen molar-refractivity contribution in [3.63, 3.8) is 0 Å². The molecule has 0 aliphatic rings. The van der Waals surface area contributed by atoms with Crippen LogP contribution in [-0.4, -0.2) is 33.4 Å². The van der Waals surface area contributed by atoms with Gasteiger partial charge in [0.2, 0.25) is 0 Å². The lowest BCUT2D eigenvalue weighted by Crippen LogP contribution is -2.37. The van der Waals surface area contributed by atoms with Crippen molar-refractivity contribution in [2.45, 2.75) is 45.3 Å². The van der Waals surface area contributed by atoms with Crippen LogP contribution in [0.1, 0.15) is 32.6 Å². The van der Waals surface area contributed by atoms with Crippen LogP contribution >= 0.6 is 0 Å². The van der Waals surface area contributed by atoms with Crippen molar-refractivity contribution < 1.29 is 5.11 Å². The summed E-state index contributed by atoms with van der Waals surface area (Å²) in [5.74, 6) is 0. The molecule has 0 fully saturated rings. The molecule has 1 unspecified atom stereocenters. The Kier molecular flexibility index (Phi) is 7.25. The van der Waals surface area contributed by atoms with Gasteiger partial charge in [0.05, 0.1) is 6.10 Å². The van der Waals surface area contributed by atoms with E-state index in [9.17, 15) is 14.7 Å². The number of aliphatic hydroxyl groups excluding tert-OH is 1. The van der Waals surface area contributed by atoms with E-state index < -0.39 is 0 Å². The molecule has 6 nitrogen and oxygen atoms in total.